The molecule has 3 N–H and O–H groups in total. The number of benzene rings is 2. The Balaban J connectivity index is 1.64. The summed E-state index contributed by atoms with van der Waals surface area (Å²) in [4.78, 5) is 35.7. The molecule has 2 amide bonds. The first-order chi connectivity index (χ1) is 13.3. The van der Waals surface area contributed by atoms with Gasteiger partial charge in [-0.15, -0.1) is 0 Å². The van der Waals surface area contributed by atoms with E-state index < -0.39 is 23.9 Å². The van der Waals surface area contributed by atoms with Gasteiger partial charge in [0.05, 0.1) is 10.6 Å². The van der Waals surface area contributed by atoms with Crippen molar-refractivity contribution in [1.29, 1.82) is 0 Å². The van der Waals surface area contributed by atoms with Gasteiger partial charge in [-0.2, -0.15) is 0 Å². The number of anilines is 1. The summed E-state index contributed by atoms with van der Waals surface area (Å²) in [5.74, 6) is -1.13. The molecule has 2 aromatic carbocycles. The van der Waals surface area contributed by atoms with E-state index in [2.05, 4.69) is 5.32 Å². The van der Waals surface area contributed by atoms with Crippen LogP contribution in [0.2, 0.25) is 5.02 Å². The number of hydrogen-bond acceptors (Lipinski definition) is 6. The molecule has 0 spiro atoms. The lowest BCUT2D eigenvalue weighted by Crippen LogP contribution is -2.30. The van der Waals surface area contributed by atoms with E-state index in [1.54, 1.807) is 0 Å². The summed E-state index contributed by atoms with van der Waals surface area (Å²) in [5.41, 5.74) is 6.05. The van der Waals surface area contributed by atoms with Crippen molar-refractivity contribution in [2.24, 2.45) is 5.73 Å². The van der Waals surface area contributed by atoms with Gasteiger partial charge in [-0.3, -0.25) is 9.59 Å². The molecule has 0 radical (unpaired) electrons. The minimum atomic E-state index is -1.07. The zero-order chi connectivity index (χ0) is 20.3. The topological polar surface area (TPSA) is 117 Å². The van der Waals surface area contributed by atoms with Crippen LogP contribution in [0.3, 0.4) is 0 Å². The monoisotopic (exact) mass is 404 g/mol. The molecule has 2 aromatic rings. The van der Waals surface area contributed by atoms with Gasteiger partial charge in [0.25, 0.3) is 5.91 Å². The number of amides is 2. The molecular formula is C19H17ClN2O6. The van der Waals surface area contributed by atoms with Crippen molar-refractivity contribution in [2.45, 2.75) is 13.0 Å². The van der Waals surface area contributed by atoms with E-state index in [1.165, 1.54) is 43.3 Å². The fraction of sp³-hybridized carbons (Fsp3) is 0.211. The molecule has 8 nitrogen and oxygen atoms in total. The van der Waals surface area contributed by atoms with E-state index >= 15 is 0 Å². The molecule has 0 bridgehead atoms. The maximum absolute atomic E-state index is 12.4. The molecular weight excluding hydrogens is 388 g/mol. The molecule has 0 aromatic heterocycles. The molecule has 1 aliphatic heterocycles. The first-order valence-corrected chi connectivity index (χ1v) is 8.74. The quantitative estimate of drug-likeness (QED) is 0.739. The summed E-state index contributed by atoms with van der Waals surface area (Å²) in [6, 6.07) is 8.85. The van der Waals surface area contributed by atoms with Crippen LogP contribution in [0, 0.1) is 0 Å². The molecule has 28 heavy (non-hydrogen) atoms. The van der Waals surface area contributed by atoms with Gasteiger partial charge in [0.15, 0.2) is 17.6 Å². The Morgan fingerprint density at radius 3 is 2.46 bits per heavy atom. The van der Waals surface area contributed by atoms with E-state index in [1.807, 2.05) is 0 Å². The lowest BCUT2D eigenvalue weighted by Gasteiger charge is -2.20. The number of halogens is 1. The standard InChI is InChI=1S/C19H17ClN2O6/c1-10(18(24)22-13-4-2-11(3-5-13)17(21)23)28-19(25)12-8-14(20)16-15(9-12)26-6-7-27-16/h2-5,8-10H,6-7H2,1H3,(H2,21,23)(H,22,24). The van der Waals surface area contributed by atoms with Crippen molar-refractivity contribution in [3.63, 3.8) is 0 Å². The Bertz CT molecular complexity index is 929. The highest BCUT2D eigenvalue weighted by Gasteiger charge is 2.23. The number of rotatable bonds is 5. The highest BCUT2D eigenvalue weighted by Crippen LogP contribution is 2.38. The van der Waals surface area contributed by atoms with Crippen LogP contribution in [0.5, 0.6) is 11.5 Å². The zero-order valence-corrected chi connectivity index (χ0v) is 15.6. The van der Waals surface area contributed by atoms with Crippen LogP contribution in [0.15, 0.2) is 36.4 Å². The van der Waals surface area contributed by atoms with Crippen molar-refractivity contribution < 1.29 is 28.6 Å². The van der Waals surface area contributed by atoms with E-state index in [-0.39, 0.29) is 10.6 Å². The molecule has 146 valence electrons. The van der Waals surface area contributed by atoms with Crippen LogP contribution < -0.4 is 20.5 Å². The fourth-order valence-electron chi connectivity index (χ4n) is 2.47. The minimum absolute atomic E-state index is 0.139. The predicted molar refractivity (Wildman–Crippen MR) is 101 cm³/mol. The highest BCUT2D eigenvalue weighted by atomic mass is 35.5. The van der Waals surface area contributed by atoms with Crippen molar-refractivity contribution in [1.82, 2.24) is 0 Å². The number of fused-ring (bicyclic) bond motifs is 1. The molecule has 0 aliphatic carbocycles. The number of primary amides is 1. The number of ether oxygens (including phenoxy) is 3. The largest absolute Gasteiger partial charge is 0.486 e. The fourth-order valence-corrected chi connectivity index (χ4v) is 2.74. The Morgan fingerprint density at radius 1 is 1.11 bits per heavy atom. The lowest BCUT2D eigenvalue weighted by atomic mass is 10.2. The van der Waals surface area contributed by atoms with Crippen molar-refractivity contribution in [3.8, 4) is 11.5 Å². The molecule has 0 saturated heterocycles. The molecule has 9 heteroatoms. The maximum Gasteiger partial charge on any atom is 0.339 e. The molecule has 1 heterocycles. The molecule has 1 atom stereocenters. The average Bonchev–Trinajstić information content (AvgIpc) is 2.68. The highest BCUT2D eigenvalue weighted by molar-refractivity contribution is 6.32. The third-order valence-electron chi connectivity index (χ3n) is 3.92. The predicted octanol–water partition coefficient (Wildman–Crippen LogP) is 2.39. The number of nitrogens with two attached hydrogens (primary N) is 1. The van der Waals surface area contributed by atoms with E-state index in [0.717, 1.165) is 0 Å². The number of carbonyl (C=O) groups is 3. The number of esters is 1. The summed E-state index contributed by atoms with van der Waals surface area (Å²) >= 11 is 6.11. The minimum Gasteiger partial charge on any atom is -0.486 e. The Hall–Kier alpha value is -3.26. The van der Waals surface area contributed by atoms with Crippen LogP contribution in [-0.2, 0) is 9.53 Å². The molecule has 0 saturated carbocycles. The van der Waals surface area contributed by atoms with Crippen LogP contribution >= 0.6 is 11.6 Å². The Labute approximate surface area is 165 Å². The summed E-state index contributed by atoms with van der Waals surface area (Å²) < 4.78 is 16.0. The van der Waals surface area contributed by atoms with Crippen LogP contribution in [0.4, 0.5) is 5.69 Å². The van der Waals surface area contributed by atoms with Gasteiger partial charge < -0.3 is 25.3 Å². The molecule has 1 unspecified atom stereocenters. The lowest BCUT2D eigenvalue weighted by molar-refractivity contribution is -0.123. The average molecular weight is 405 g/mol. The summed E-state index contributed by atoms with van der Waals surface area (Å²) in [7, 11) is 0. The molecule has 0 fully saturated rings. The van der Waals surface area contributed by atoms with Crippen molar-refractivity contribution in [3.05, 3.63) is 52.5 Å². The van der Waals surface area contributed by atoms with Crippen LogP contribution in [-0.4, -0.2) is 37.1 Å². The summed E-state index contributed by atoms with van der Waals surface area (Å²) in [6.07, 6.45) is -1.07. The van der Waals surface area contributed by atoms with E-state index in [0.29, 0.717) is 36.0 Å². The number of hydrogen-bond donors (Lipinski definition) is 2. The summed E-state index contributed by atoms with van der Waals surface area (Å²) in [5, 5.41) is 2.81. The Kier molecular flexibility index (Phi) is 5.70. The van der Waals surface area contributed by atoms with Crippen LogP contribution in [0.1, 0.15) is 27.6 Å². The van der Waals surface area contributed by atoms with Gasteiger partial charge in [0.2, 0.25) is 5.91 Å². The molecule has 1 aliphatic rings. The second-order valence-electron chi connectivity index (χ2n) is 5.96. The van der Waals surface area contributed by atoms with Crippen molar-refractivity contribution >= 4 is 35.1 Å². The second-order valence-corrected chi connectivity index (χ2v) is 6.37. The first kappa shape index (κ1) is 19.5. The Morgan fingerprint density at radius 2 is 1.79 bits per heavy atom. The van der Waals surface area contributed by atoms with E-state index in [9.17, 15) is 14.4 Å². The summed E-state index contributed by atoms with van der Waals surface area (Å²) in [6.45, 7) is 2.15. The number of nitrogens with one attached hydrogen (secondary N) is 1. The first-order valence-electron chi connectivity index (χ1n) is 8.36. The number of carbonyl (C=O) groups excluding carboxylic acids is 3. The van der Waals surface area contributed by atoms with Crippen molar-refractivity contribution in [2.75, 3.05) is 18.5 Å². The van der Waals surface area contributed by atoms with Gasteiger partial charge in [0.1, 0.15) is 13.2 Å². The second kappa shape index (κ2) is 8.18. The van der Waals surface area contributed by atoms with Gasteiger partial charge >= 0.3 is 5.97 Å². The van der Waals surface area contributed by atoms with Gasteiger partial charge in [-0.1, -0.05) is 11.6 Å². The van der Waals surface area contributed by atoms with E-state index in [4.69, 9.17) is 31.5 Å². The SMILES string of the molecule is CC(OC(=O)c1cc(Cl)c2c(c1)OCCO2)C(=O)Nc1ccc(C(N)=O)cc1. The normalized spacial score (nSPS) is 13.4. The third kappa shape index (κ3) is 4.34. The van der Waals surface area contributed by atoms with Crippen LogP contribution in [0.25, 0.3) is 0 Å². The van der Waals surface area contributed by atoms with Gasteiger partial charge in [0, 0.05) is 11.3 Å². The van der Waals surface area contributed by atoms with Gasteiger partial charge in [-0.05, 0) is 43.3 Å². The smallest absolute Gasteiger partial charge is 0.339 e. The third-order valence-corrected chi connectivity index (χ3v) is 4.20. The maximum atomic E-state index is 12.4. The van der Waals surface area contributed by atoms with Gasteiger partial charge in [-0.25, -0.2) is 4.79 Å². The zero-order valence-electron chi connectivity index (χ0n) is 14.9. The molecule has 3 rings (SSSR count).